The highest BCUT2D eigenvalue weighted by atomic mass is 16.5. The van der Waals surface area contributed by atoms with Crippen LogP contribution in [-0.4, -0.2) is 36.3 Å². The van der Waals surface area contributed by atoms with Gasteiger partial charge in [0.15, 0.2) is 5.82 Å². The summed E-state index contributed by atoms with van der Waals surface area (Å²) in [6.45, 7) is 5.65. The van der Waals surface area contributed by atoms with Crippen molar-refractivity contribution in [3.8, 4) is 17.0 Å². The molecule has 0 bridgehead atoms. The first-order valence-electron chi connectivity index (χ1n) is 10.6. The van der Waals surface area contributed by atoms with Gasteiger partial charge in [-0.25, -0.2) is 0 Å². The third-order valence-corrected chi connectivity index (χ3v) is 5.93. The van der Waals surface area contributed by atoms with E-state index in [-0.39, 0.29) is 11.8 Å². The zero-order valence-electron chi connectivity index (χ0n) is 18.3. The summed E-state index contributed by atoms with van der Waals surface area (Å²) in [5.41, 5.74) is 5.05. The fourth-order valence-electron chi connectivity index (χ4n) is 3.87. The molecule has 2 aromatic carbocycles. The molecule has 1 N–H and O–H groups in total. The number of aromatic nitrogens is 2. The Hall–Kier alpha value is -3.41. The molecule has 31 heavy (non-hydrogen) atoms. The third kappa shape index (κ3) is 4.85. The van der Waals surface area contributed by atoms with Gasteiger partial charge in [-0.1, -0.05) is 6.07 Å². The average Bonchev–Trinajstić information content (AvgIpc) is 2.82. The second-order valence-corrected chi connectivity index (χ2v) is 8.08. The first-order chi connectivity index (χ1) is 15.0. The molecule has 1 fully saturated rings. The summed E-state index contributed by atoms with van der Waals surface area (Å²) >= 11 is 0. The van der Waals surface area contributed by atoms with Gasteiger partial charge < -0.3 is 15.0 Å². The second kappa shape index (κ2) is 9.16. The lowest BCUT2D eigenvalue weighted by Gasteiger charge is -2.32. The van der Waals surface area contributed by atoms with Crippen LogP contribution >= 0.6 is 0 Å². The molecule has 6 heteroatoms. The Morgan fingerprint density at radius 2 is 1.84 bits per heavy atom. The lowest BCUT2D eigenvalue weighted by Crippen LogP contribution is -2.41. The number of anilines is 2. The second-order valence-electron chi connectivity index (χ2n) is 8.08. The number of carbonyl (C=O) groups excluding carboxylic acids is 1. The van der Waals surface area contributed by atoms with E-state index in [1.54, 1.807) is 7.11 Å². The molecule has 0 radical (unpaired) electrons. The first kappa shape index (κ1) is 20.8. The van der Waals surface area contributed by atoms with E-state index in [0.29, 0.717) is 6.54 Å². The number of hydrogen-bond acceptors (Lipinski definition) is 5. The molecule has 160 valence electrons. The summed E-state index contributed by atoms with van der Waals surface area (Å²) < 4.78 is 5.21. The molecule has 1 amide bonds. The smallest absolute Gasteiger partial charge is 0.229 e. The Morgan fingerprint density at radius 1 is 1.03 bits per heavy atom. The fraction of sp³-hybridized carbons (Fsp3) is 0.320. The van der Waals surface area contributed by atoms with E-state index in [4.69, 9.17) is 4.74 Å². The summed E-state index contributed by atoms with van der Waals surface area (Å²) in [6, 6.07) is 17.7. The minimum Gasteiger partial charge on any atom is -0.497 e. The number of nitrogens with zero attached hydrogens (tertiary/aromatic N) is 3. The largest absolute Gasteiger partial charge is 0.497 e. The number of aryl methyl sites for hydroxylation is 2. The van der Waals surface area contributed by atoms with Crippen molar-refractivity contribution in [1.29, 1.82) is 0 Å². The number of hydrogen-bond donors (Lipinski definition) is 1. The number of amides is 1. The standard InChI is InChI=1S/C25H28N4O2/c1-17-6-9-21(15-18(17)2)26-25(30)20-5-4-14-29(16-20)24-13-12-23(27-28-24)19-7-10-22(31-3)11-8-19/h6-13,15,20H,4-5,14,16H2,1-3H3,(H,26,30). The van der Waals surface area contributed by atoms with E-state index in [1.165, 1.54) is 11.1 Å². The Labute approximate surface area is 183 Å². The van der Waals surface area contributed by atoms with Crippen LogP contribution in [0.2, 0.25) is 0 Å². The summed E-state index contributed by atoms with van der Waals surface area (Å²) in [4.78, 5) is 15.0. The predicted octanol–water partition coefficient (Wildman–Crippen LogP) is 4.62. The van der Waals surface area contributed by atoms with Gasteiger partial charge in [0.2, 0.25) is 5.91 Å². The molecule has 4 rings (SSSR count). The topological polar surface area (TPSA) is 67.3 Å². The normalized spacial score (nSPS) is 16.1. The van der Waals surface area contributed by atoms with Gasteiger partial charge in [-0.15, -0.1) is 10.2 Å². The molecular weight excluding hydrogens is 388 g/mol. The van der Waals surface area contributed by atoms with Crippen molar-refractivity contribution in [2.24, 2.45) is 5.92 Å². The van der Waals surface area contributed by atoms with Crippen molar-refractivity contribution in [2.45, 2.75) is 26.7 Å². The summed E-state index contributed by atoms with van der Waals surface area (Å²) in [5.74, 6) is 1.61. The van der Waals surface area contributed by atoms with Crippen LogP contribution in [0, 0.1) is 19.8 Å². The van der Waals surface area contributed by atoms with Gasteiger partial charge >= 0.3 is 0 Å². The minimum absolute atomic E-state index is 0.0655. The van der Waals surface area contributed by atoms with E-state index < -0.39 is 0 Å². The molecule has 3 aromatic rings. The average molecular weight is 417 g/mol. The highest BCUT2D eigenvalue weighted by Gasteiger charge is 2.27. The van der Waals surface area contributed by atoms with Crippen molar-refractivity contribution in [3.05, 3.63) is 65.7 Å². The summed E-state index contributed by atoms with van der Waals surface area (Å²) in [7, 11) is 1.65. The van der Waals surface area contributed by atoms with Gasteiger partial charge in [-0.3, -0.25) is 4.79 Å². The lowest BCUT2D eigenvalue weighted by molar-refractivity contribution is -0.120. The van der Waals surface area contributed by atoms with Gasteiger partial charge in [-0.05, 0) is 86.3 Å². The van der Waals surface area contributed by atoms with E-state index in [2.05, 4.69) is 34.3 Å². The van der Waals surface area contributed by atoms with Gasteiger partial charge in [0.1, 0.15) is 5.75 Å². The Morgan fingerprint density at radius 3 is 2.52 bits per heavy atom. The predicted molar refractivity (Wildman–Crippen MR) is 124 cm³/mol. The van der Waals surface area contributed by atoms with E-state index in [0.717, 1.165) is 47.9 Å². The molecular formula is C25H28N4O2. The van der Waals surface area contributed by atoms with Gasteiger partial charge in [-0.2, -0.15) is 0 Å². The van der Waals surface area contributed by atoms with Crippen LogP contribution in [-0.2, 0) is 4.79 Å². The number of ether oxygens (including phenoxy) is 1. The van der Waals surface area contributed by atoms with E-state index >= 15 is 0 Å². The number of methoxy groups -OCH3 is 1. The van der Waals surface area contributed by atoms with Crippen LogP contribution in [0.1, 0.15) is 24.0 Å². The zero-order valence-corrected chi connectivity index (χ0v) is 18.3. The van der Waals surface area contributed by atoms with Crippen molar-refractivity contribution >= 4 is 17.4 Å². The van der Waals surface area contributed by atoms with Crippen molar-refractivity contribution < 1.29 is 9.53 Å². The molecule has 0 saturated carbocycles. The molecule has 1 aromatic heterocycles. The molecule has 1 aliphatic heterocycles. The van der Waals surface area contributed by atoms with E-state index in [9.17, 15) is 4.79 Å². The van der Waals surface area contributed by atoms with Crippen LogP contribution < -0.4 is 15.0 Å². The summed E-state index contributed by atoms with van der Waals surface area (Å²) in [6.07, 6.45) is 1.83. The van der Waals surface area contributed by atoms with Crippen molar-refractivity contribution in [3.63, 3.8) is 0 Å². The maximum Gasteiger partial charge on any atom is 0.229 e. The molecule has 0 spiro atoms. The minimum atomic E-state index is -0.0709. The highest BCUT2D eigenvalue weighted by molar-refractivity contribution is 5.93. The summed E-state index contributed by atoms with van der Waals surface area (Å²) in [5, 5.41) is 11.9. The van der Waals surface area contributed by atoms with E-state index in [1.807, 2.05) is 54.6 Å². The Balaban J connectivity index is 1.41. The van der Waals surface area contributed by atoms with Crippen molar-refractivity contribution in [2.75, 3.05) is 30.4 Å². The van der Waals surface area contributed by atoms with Gasteiger partial charge in [0, 0.05) is 24.3 Å². The lowest BCUT2D eigenvalue weighted by atomic mass is 9.97. The molecule has 2 heterocycles. The number of nitrogens with one attached hydrogen (secondary N) is 1. The van der Waals surface area contributed by atoms with Crippen molar-refractivity contribution in [1.82, 2.24) is 10.2 Å². The SMILES string of the molecule is COc1ccc(-c2ccc(N3CCCC(C(=O)Nc4ccc(C)c(C)c4)C3)nn2)cc1. The number of piperidine rings is 1. The zero-order chi connectivity index (χ0) is 21.8. The number of rotatable bonds is 5. The number of benzene rings is 2. The molecule has 1 saturated heterocycles. The van der Waals surface area contributed by atoms with Crippen LogP contribution in [0.3, 0.4) is 0 Å². The van der Waals surface area contributed by atoms with Crippen LogP contribution in [0.25, 0.3) is 11.3 Å². The maximum atomic E-state index is 12.8. The van der Waals surface area contributed by atoms with Gasteiger partial charge in [0.05, 0.1) is 18.7 Å². The monoisotopic (exact) mass is 416 g/mol. The Bertz CT molecular complexity index is 1050. The van der Waals surface area contributed by atoms with Gasteiger partial charge in [0.25, 0.3) is 0 Å². The molecule has 1 atom stereocenters. The third-order valence-electron chi connectivity index (χ3n) is 5.93. The molecule has 6 nitrogen and oxygen atoms in total. The number of carbonyl (C=O) groups is 1. The molecule has 1 aliphatic rings. The highest BCUT2D eigenvalue weighted by Crippen LogP contribution is 2.25. The van der Waals surface area contributed by atoms with Crippen LogP contribution in [0.4, 0.5) is 11.5 Å². The van der Waals surface area contributed by atoms with Crippen LogP contribution in [0.15, 0.2) is 54.6 Å². The fourth-order valence-corrected chi connectivity index (χ4v) is 3.87. The first-order valence-corrected chi connectivity index (χ1v) is 10.6. The quantitative estimate of drug-likeness (QED) is 0.657. The molecule has 0 aliphatic carbocycles. The maximum absolute atomic E-state index is 12.8. The Kier molecular flexibility index (Phi) is 6.16. The molecule has 1 unspecified atom stereocenters. The van der Waals surface area contributed by atoms with Crippen LogP contribution in [0.5, 0.6) is 5.75 Å².